The monoisotopic (exact) mass is 439 g/mol. The third-order valence-corrected chi connectivity index (χ3v) is 5.90. The Morgan fingerprint density at radius 2 is 1.94 bits per heavy atom. The number of aliphatic hydroxyl groups is 1. The fraction of sp³-hybridized carbons (Fsp3) is 0.375. The normalized spacial score (nSPS) is 12.0. The fourth-order valence-corrected chi connectivity index (χ4v) is 4.04. The predicted molar refractivity (Wildman–Crippen MR) is 124 cm³/mol. The number of ketones is 1. The average Bonchev–Trinajstić information content (AvgIpc) is 3.19. The van der Waals surface area contributed by atoms with Crippen LogP contribution < -0.4 is 4.74 Å². The molecule has 0 bridgehead atoms. The molecule has 6 nitrogen and oxygen atoms in total. The van der Waals surface area contributed by atoms with Crippen molar-refractivity contribution in [2.45, 2.75) is 51.4 Å². The Morgan fingerprint density at radius 3 is 2.61 bits per heavy atom. The van der Waals surface area contributed by atoms with Gasteiger partial charge in [-0.25, -0.2) is 0 Å². The van der Waals surface area contributed by atoms with Crippen LogP contribution in [0.3, 0.4) is 0 Å². The van der Waals surface area contributed by atoms with Crippen LogP contribution in [0, 0.1) is 6.92 Å². The zero-order chi connectivity index (χ0) is 22.2. The lowest BCUT2D eigenvalue weighted by molar-refractivity contribution is 0.0987. The first-order chi connectivity index (χ1) is 15.0. The first-order valence-corrected chi connectivity index (χ1v) is 11.6. The first-order valence-electron chi connectivity index (χ1n) is 10.6. The van der Waals surface area contributed by atoms with Gasteiger partial charge in [0.15, 0.2) is 16.8 Å². The van der Waals surface area contributed by atoms with Gasteiger partial charge in [0, 0.05) is 29.8 Å². The number of hydrogen-bond acceptors (Lipinski definition) is 6. The van der Waals surface area contributed by atoms with Gasteiger partial charge in [-0.15, -0.1) is 10.2 Å². The van der Waals surface area contributed by atoms with Crippen molar-refractivity contribution in [3.8, 4) is 17.1 Å². The molecule has 1 unspecified atom stereocenters. The van der Waals surface area contributed by atoms with Gasteiger partial charge in [-0.2, -0.15) is 0 Å². The summed E-state index contributed by atoms with van der Waals surface area (Å²) in [6, 6.07) is 15.3. The van der Waals surface area contributed by atoms with E-state index >= 15 is 0 Å². The fourth-order valence-electron chi connectivity index (χ4n) is 3.17. The van der Waals surface area contributed by atoms with Crippen LogP contribution in [0.5, 0.6) is 5.75 Å². The topological polar surface area (TPSA) is 77.2 Å². The maximum absolute atomic E-state index is 11.7. The molecule has 3 aromatic rings. The second kappa shape index (κ2) is 11.1. The van der Waals surface area contributed by atoms with E-state index in [1.54, 1.807) is 24.3 Å². The summed E-state index contributed by atoms with van der Waals surface area (Å²) < 4.78 is 7.78. The Labute approximate surface area is 187 Å². The highest BCUT2D eigenvalue weighted by atomic mass is 32.2. The van der Waals surface area contributed by atoms with Gasteiger partial charge < -0.3 is 14.4 Å². The third kappa shape index (κ3) is 6.18. The number of benzene rings is 2. The molecule has 1 atom stereocenters. The van der Waals surface area contributed by atoms with Crippen LogP contribution in [0.4, 0.5) is 0 Å². The van der Waals surface area contributed by atoms with Crippen LogP contribution >= 0.6 is 11.8 Å². The number of nitrogens with zero attached hydrogens (tertiary/aromatic N) is 3. The molecule has 1 aromatic heterocycles. The van der Waals surface area contributed by atoms with Crippen molar-refractivity contribution in [1.29, 1.82) is 0 Å². The van der Waals surface area contributed by atoms with Crippen LogP contribution in [-0.2, 0) is 6.54 Å². The molecule has 0 spiro atoms. The molecule has 3 rings (SSSR count). The summed E-state index contributed by atoms with van der Waals surface area (Å²) in [7, 11) is 0. The molecule has 0 saturated carbocycles. The zero-order valence-corrected chi connectivity index (χ0v) is 19.1. The molecule has 0 aliphatic carbocycles. The zero-order valence-electron chi connectivity index (χ0n) is 18.2. The summed E-state index contributed by atoms with van der Waals surface area (Å²) >= 11 is 1.47. The first kappa shape index (κ1) is 23.0. The molecular weight excluding hydrogens is 410 g/mol. The van der Waals surface area contributed by atoms with E-state index in [2.05, 4.69) is 40.7 Å². The molecule has 1 N–H and O–H groups in total. The van der Waals surface area contributed by atoms with E-state index in [-0.39, 0.29) is 12.4 Å². The van der Waals surface area contributed by atoms with Crippen LogP contribution in [0.1, 0.15) is 42.6 Å². The number of aryl methyl sites for hydroxylation is 1. The van der Waals surface area contributed by atoms with Gasteiger partial charge in [-0.05, 0) is 43.7 Å². The molecule has 31 heavy (non-hydrogen) atoms. The maximum atomic E-state index is 11.7. The maximum Gasteiger partial charge on any atom is 0.191 e. The minimum Gasteiger partial charge on any atom is -0.491 e. The van der Waals surface area contributed by atoms with Crippen molar-refractivity contribution in [3.63, 3.8) is 0 Å². The smallest absolute Gasteiger partial charge is 0.191 e. The Hall–Kier alpha value is -2.64. The highest BCUT2D eigenvalue weighted by molar-refractivity contribution is 7.99. The van der Waals surface area contributed by atoms with Crippen molar-refractivity contribution >= 4 is 17.5 Å². The quantitative estimate of drug-likeness (QED) is 0.342. The van der Waals surface area contributed by atoms with Crippen LogP contribution in [0.2, 0.25) is 0 Å². The number of aliphatic hydroxyl groups excluding tert-OH is 1. The van der Waals surface area contributed by atoms with E-state index in [0.717, 1.165) is 29.5 Å². The largest absolute Gasteiger partial charge is 0.491 e. The summed E-state index contributed by atoms with van der Waals surface area (Å²) in [4.78, 5) is 11.7. The predicted octanol–water partition coefficient (Wildman–Crippen LogP) is 4.79. The molecule has 164 valence electrons. The molecule has 0 radical (unpaired) electrons. The highest BCUT2D eigenvalue weighted by Gasteiger charge is 2.16. The number of aromatic nitrogens is 3. The molecule has 0 amide bonds. The Bertz CT molecular complexity index is 1000. The van der Waals surface area contributed by atoms with Gasteiger partial charge in [0.1, 0.15) is 12.4 Å². The van der Waals surface area contributed by atoms with Gasteiger partial charge in [0.2, 0.25) is 0 Å². The van der Waals surface area contributed by atoms with Gasteiger partial charge in [-0.1, -0.05) is 49.4 Å². The molecule has 0 aliphatic rings. The number of hydrogen-bond donors (Lipinski definition) is 1. The molecule has 1 heterocycles. The summed E-state index contributed by atoms with van der Waals surface area (Å²) in [5, 5.41) is 19.9. The lowest BCUT2D eigenvalue weighted by Crippen LogP contribution is -2.20. The highest BCUT2D eigenvalue weighted by Crippen LogP contribution is 2.25. The lowest BCUT2D eigenvalue weighted by atomic mass is 10.1. The molecule has 0 aliphatic heterocycles. The van der Waals surface area contributed by atoms with Crippen molar-refractivity contribution in [1.82, 2.24) is 14.8 Å². The minimum atomic E-state index is -0.656. The number of thioether (sulfide) groups is 1. The van der Waals surface area contributed by atoms with Gasteiger partial charge in [0.25, 0.3) is 0 Å². The number of rotatable bonds is 11. The minimum absolute atomic E-state index is 0.101. The number of Topliss-reactive ketones (excluding diaryl/α,β-unsaturated/α-hetero) is 1. The average molecular weight is 440 g/mol. The third-order valence-electron chi connectivity index (χ3n) is 4.78. The van der Waals surface area contributed by atoms with E-state index in [9.17, 15) is 9.90 Å². The molecule has 0 saturated heterocycles. The van der Waals surface area contributed by atoms with Crippen LogP contribution in [-0.4, -0.2) is 44.1 Å². The standard InChI is InChI=1S/C24H29N3O3S/c1-4-13-27-23(19-8-6-7-17(3)14-19)25-26-24(27)31-16-20(28)15-30-21-11-9-18(10-12-21)22(29)5-2/h6-12,14,20,28H,4-5,13,15-16H2,1-3H3. The Kier molecular flexibility index (Phi) is 8.26. The van der Waals surface area contributed by atoms with Crippen molar-refractivity contribution in [2.24, 2.45) is 0 Å². The lowest BCUT2D eigenvalue weighted by Gasteiger charge is -2.13. The van der Waals surface area contributed by atoms with Crippen LogP contribution in [0.25, 0.3) is 11.4 Å². The van der Waals surface area contributed by atoms with Gasteiger partial charge in [-0.3, -0.25) is 4.79 Å². The molecule has 7 heteroatoms. The van der Waals surface area contributed by atoms with E-state index in [1.165, 1.54) is 17.3 Å². The Morgan fingerprint density at radius 1 is 1.16 bits per heavy atom. The molecular formula is C24H29N3O3S. The number of ether oxygens (including phenoxy) is 1. The van der Waals surface area contributed by atoms with Crippen molar-refractivity contribution in [2.75, 3.05) is 12.4 Å². The summed E-state index contributed by atoms with van der Waals surface area (Å²) in [5.41, 5.74) is 2.89. The summed E-state index contributed by atoms with van der Waals surface area (Å²) in [6.45, 7) is 7.00. The van der Waals surface area contributed by atoms with Crippen molar-refractivity contribution in [3.05, 3.63) is 59.7 Å². The summed E-state index contributed by atoms with van der Waals surface area (Å²) in [5.74, 6) is 2.03. The van der Waals surface area contributed by atoms with E-state index in [0.29, 0.717) is 23.5 Å². The van der Waals surface area contributed by atoms with Gasteiger partial charge >= 0.3 is 0 Å². The number of carbonyl (C=O) groups excluding carboxylic acids is 1. The summed E-state index contributed by atoms with van der Waals surface area (Å²) in [6.07, 6.45) is 0.785. The van der Waals surface area contributed by atoms with E-state index in [1.807, 2.05) is 19.1 Å². The SMILES string of the molecule is CCCn1c(SCC(O)COc2ccc(C(=O)CC)cc2)nnc1-c1cccc(C)c1. The second-order valence-electron chi connectivity index (χ2n) is 7.40. The molecule has 0 fully saturated rings. The molecule has 2 aromatic carbocycles. The number of carbonyl (C=O) groups is 1. The van der Waals surface area contributed by atoms with E-state index in [4.69, 9.17) is 4.74 Å². The van der Waals surface area contributed by atoms with Gasteiger partial charge in [0.05, 0.1) is 6.10 Å². The Balaban J connectivity index is 1.58. The van der Waals surface area contributed by atoms with Crippen LogP contribution in [0.15, 0.2) is 53.7 Å². The second-order valence-corrected chi connectivity index (χ2v) is 8.39. The van der Waals surface area contributed by atoms with Crippen molar-refractivity contribution < 1.29 is 14.6 Å². The van der Waals surface area contributed by atoms with E-state index < -0.39 is 6.10 Å².